The zero-order valence-electron chi connectivity index (χ0n) is 11.4. The standard InChI is InChI=1S/C14H17N3O3S/c15-12-6-13(19)17-14(16-12)21-9-11(18)8-20-7-10-4-2-1-3-5-10/h1-6,11,18H,7-9H2,(H3,15,16,17,19). The topological polar surface area (TPSA) is 101 Å². The minimum Gasteiger partial charge on any atom is -0.390 e. The lowest BCUT2D eigenvalue weighted by atomic mass is 10.2. The molecule has 1 unspecified atom stereocenters. The van der Waals surface area contributed by atoms with E-state index in [1.165, 1.54) is 17.8 Å². The van der Waals surface area contributed by atoms with Crippen molar-refractivity contribution in [1.82, 2.24) is 9.97 Å². The van der Waals surface area contributed by atoms with E-state index in [1.54, 1.807) is 0 Å². The zero-order valence-corrected chi connectivity index (χ0v) is 12.2. The van der Waals surface area contributed by atoms with Crippen molar-refractivity contribution in [2.45, 2.75) is 17.9 Å². The van der Waals surface area contributed by atoms with Crippen LogP contribution >= 0.6 is 11.8 Å². The van der Waals surface area contributed by atoms with Crippen LogP contribution in [0.25, 0.3) is 0 Å². The Morgan fingerprint density at radius 3 is 2.86 bits per heavy atom. The van der Waals surface area contributed by atoms with Gasteiger partial charge in [-0.2, -0.15) is 0 Å². The molecule has 0 aliphatic carbocycles. The SMILES string of the molecule is Nc1cc(=O)[nH]c(SCC(O)COCc2ccccc2)n1. The number of aliphatic hydroxyl groups is 1. The maximum atomic E-state index is 11.2. The van der Waals surface area contributed by atoms with Crippen LogP contribution in [0.1, 0.15) is 5.56 Å². The Hall–Kier alpha value is -1.83. The summed E-state index contributed by atoms with van der Waals surface area (Å²) in [4.78, 5) is 17.7. The summed E-state index contributed by atoms with van der Waals surface area (Å²) in [6.45, 7) is 0.671. The molecule has 4 N–H and O–H groups in total. The summed E-state index contributed by atoms with van der Waals surface area (Å²) in [6, 6.07) is 10.9. The highest BCUT2D eigenvalue weighted by molar-refractivity contribution is 7.99. The van der Waals surface area contributed by atoms with Crippen LogP contribution in [0.3, 0.4) is 0 Å². The molecule has 0 spiro atoms. The molecule has 0 saturated carbocycles. The van der Waals surface area contributed by atoms with Crippen molar-refractivity contribution in [3.05, 3.63) is 52.3 Å². The molecule has 2 aromatic rings. The van der Waals surface area contributed by atoms with E-state index in [2.05, 4.69) is 9.97 Å². The minimum absolute atomic E-state index is 0.163. The number of H-pyrrole nitrogens is 1. The molecule has 1 heterocycles. The van der Waals surface area contributed by atoms with Crippen LogP contribution in [-0.4, -0.2) is 33.5 Å². The van der Waals surface area contributed by atoms with E-state index >= 15 is 0 Å². The highest BCUT2D eigenvalue weighted by Crippen LogP contribution is 2.13. The molecule has 7 heteroatoms. The predicted molar refractivity (Wildman–Crippen MR) is 82.1 cm³/mol. The third kappa shape index (κ3) is 5.58. The van der Waals surface area contributed by atoms with Gasteiger partial charge in [-0.15, -0.1) is 0 Å². The molecule has 1 aromatic heterocycles. The summed E-state index contributed by atoms with van der Waals surface area (Å²) in [5, 5.41) is 10.2. The van der Waals surface area contributed by atoms with Gasteiger partial charge in [-0.05, 0) is 5.56 Å². The van der Waals surface area contributed by atoms with Gasteiger partial charge in [0, 0.05) is 11.8 Å². The monoisotopic (exact) mass is 307 g/mol. The summed E-state index contributed by atoms with van der Waals surface area (Å²) in [5.74, 6) is 0.525. The average Bonchev–Trinajstić information content (AvgIpc) is 2.45. The first kappa shape index (κ1) is 15.6. The maximum Gasteiger partial charge on any atom is 0.253 e. The quantitative estimate of drug-likeness (QED) is 0.521. The van der Waals surface area contributed by atoms with Crippen LogP contribution in [-0.2, 0) is 11.3 Å². The molecule has 0 amide bonds. The van der Waals surface area contributed by atoms with Crippen molar-refractivity contribution in [3.63, 3.8) is 0 Å². The van der Waals surface area contributed by atoms with Gasteiger partial charge in [0.2, 0.25) is 0 Å². The second-order valence-corrected chi connectivity index (χ2v) is 5.45. The molecule has 0 bridgehead atoms. The second-order valence-electron chi connectivity index (χ2n) is 4.44. The van der Waals surface area contributed by atoms with Crippen LogP contribution in [0.5, 0.6) is 0 Å². The van der Waals surface area contributed by atoms with Gasteiger partial charge in [0.05, 0.1) is 19.3 Å². The molecule has 0 radical (unpaired) electrons. The Morgan fingerprint density at radius 1 is 1.38 bits per heavy atom. The number of nitrogens with two attached hydrogens (primary N) is 1. The molecular weight excluding hydrogens is 290 g/mol. The number of rotatable bonds is 7. The van der Waals surface area contributed by atoms with Crippen LogP contribution in [0.4, 0.5) is 5.82 Å². The Labute approximate surface area is 126 Å². The van der Waals surface area contributed by atoms with Crippen molar-refractivity contribution in [3.8, 4) is 0 Å². The van der Waals surface area contributed by atoms with E-state index in [9.17, 15) is 9.90 Å². The lowest BCUT2D eigenvalue weighted by Gasteiger charge is -2.10. The fraction of sp³-hybridized carbons (Fsp3) is 0.286. The number of nitrogen functional groups attached to an aromatic ring is 1. The molecule has 0 fully saturated rings. The third-order valence-electron chi connectivity index (χ3n) is 2.57. The number of nitrogens with one attached hydrogen (secondary N) is 1. The highest BCUT2D eigenvalue weighted by atomic mass is 32.2. The van der Waals surface area contributed by atoms with Crippen molar-refractivity contribution < 1.29 is 9.84 Å². The molecule has 1 aromatic carbocycles. The first-order chi connectivity index (χ1) is 10.1. The van der Waals surface area contributed by atoms with Crippen LogP contribution < -0.4 is 11.3 Å². The Kier molecular flexibility index (Phi) is 5.79. The number of aromatic nitrogens is 2. The molecule has 112 valence electrons. The number of benzene rings is 1. The van der Waals surface area contributed by atoms with E-state index in [1.807, 2.05) is 30.3 Å². The molecule has 2 rings (SSSR count). The summed E-state index contributed by atoms with van der Waals surface area (Å²) < 4.78 is 5.44. The first-order valence-electron chi connectivity index (χ1n) is 6.43. The van der Waals surface area contributed by atoms with Crippen LogP contribution in [0, 0.1) is 0 Å². The summed E-state index contributed by atoms with van der Waals surface area (Å²) in [6.07, 6.45) is -0.648. The van der Waals surface area contributed by atoms with Gasteiger partial charge < -0.3 is 20.6 Å². The average molecular weight is 307 g/mol. The summed E-state index contributed by atoms with van der Waals surface area (Å²) >= 11 is 1.23. The Bertz CT molecular complexity index is 618. The molecular formula is C14H17N3O3S. The van der Waals surface area contributed by atoms with Gasteiger partial charge in [-0.1, -0.05) is 42.1 Å². The first-order valence-corrected chi connectivity index (χ1v) is 7.41. The van der Waals surface area contributed by atoms with Crippen molar-refractivity contribution in [2.24, 2.45) is 0 Å². The second kappa shape index (κ2) is 7.82. The summed E-state index contributed by atoms with van der Waals surface area (Å²) in [5.41, 5.74) is 6.23. The summed E-state index contributed by atoms with van der Waals surface area (Å²) in [7, 11) is 0. The lowest BCUT2D eigenvalue weighted by Crippen LogP contribution is -2.18. The molecule has 6 nitrogen and oxygen atoms in total. The smallest absolute Gasteiger partial charge is 0.253 e. The predicted octanol–water partition coefficient (Wildman–Crippen LogP) is 1.02. The molecule has 0 aliphatic rings. The number of thioether (sulfide) groups is 1. The van der Waals surface area contributed by atoms with Gasteiger partial charge in [0.25, 0.3) is 5.56 Å². The Morgan fingerprint density at radius 2 is 2.14 bits per heavy atom. The van der Waals surface area contributed by atoms with E-state index < -0.39 is 6.10 Å². The van der Waals surface area contributed by atoms with Crippen molar-refractivity contribution in [1.29, 1.82) is 0 Å². The third-order valence-corrected chi connectivity index (χ3v) is 3.59. The highest BCUT2D eigenvalue weighted by Gasteiger charge is 2.07. The van der Waals surface area contributed by atoms with E-state index in [0.717, 1.165) is 5.56 Å². The molecule has 0 saturated heterocycles. The van der Waals surface area contributed by atoms with Gasteiger partial charge in [-0.3, -0.25) is 4.79 Å². The molecule has 0 aliphatic heterocycles. The maximum absolute atomic E-state index is 11.2. The van der Waals surface area contributed by atoms with Gasteiger partial charge in [0.15, 0.2) is 5.16 Å². The fourth-order valence-corrected chi connectivity index (χ4v) is 2.42. The van der Waals surface area contributed by atoms with Crippen LogP contribution in [0.15, 0.2) is 46.3 Å². The van der Waals surface area contributed by atoms with Crippen molar-refractivity contribution >= 4 is 17.6 Å². The number of aromatic amines is 1. The number of hydrogen-bond donors (Lipinski definition) is 3. The van der Waals surface area contributed by atoms with E-state index in [0.29, 0.717) is 17.5 Å². The normalized spacial score (nSPS) is 12.2. The van der Waals surface area contributed by atoms with Crippen LogP contribution in [0.2, 0.25) is 0 Å². The molecule has 1 atom stereocenters. The van der Waals surface area contributed by atoms with Gasteiger partial charge >= 0.3 is 0 Å². The molecule has 21 heavy (non-hydrogen) atoms. The minimum atomic E-state index is -0.648. The van der Waals surface area contributed by atoms with Gasteiger partial charge in [0.1, 0.15) is 5.82 Å². The van der Waals surface area contributed by atoms with Crippen molar-refractivity contribution in [2.75, 3.05) is 18.1 Å². The largest absolute Gasteiger partial charge is 0.390 e. The fourth-order valence-electron chi connectivity index (χ4n) is 1.63. The number of ether oxygens (including phenoxy) is 1. The number of nitrogens with zero attached hydrogens (tertiary/aromatic N) is 1. The number of anilines is 1. The number of hydrogen-bond acceptors (Lipinski definition) is 6. The van der Waals surface area contributed by atoms with E-state index in [-0.39, 0.29) is 18.0 Å². The zero-order chi connectivity index (χ0) is 15.1. The lowest BCUT2D eigenvalue weighted by molar-refractivity contribution is 0.0398. The Balaban J connectivity index is 1.72. The number of aliphatic hydroxyl groups excluding tert-OH is 1. The van der Waals surface area contributed by atoms with Gasteiger partial charge in [-0.25, -0.2) is 4.98 Å². The van der Waals surface area contributed by atoms with E-state index in [4.69, 9.17) is 10.5 Å².